The number of nitrogens with zero attached hydrogens (tertiary/aromatic N) is 1. The SMILES string of the molecule is CN(C(=O)Cc1ccc2c(c1)CCCO2)[C@@H]1COC[C@@H](O)[C@H]1O. The molecule has 6 nitrogen and oxygen atoms in total. The van der Waals surface area contributed by atoms with Gasteiger partial charge in [-0.25, -0.2) is 0 Å². The monoisotopic (exact) mass is 321 g/mol. The number of ether oxygens (including phenoxy) is 2. The molecule has 0 unspecified atom stereocenters. The van der Waals surface area contributed by atoms with E-state index in [2.05, 4.69) is 0 Å². The fourth-order valence-electron chi connectivity index (χ4n) is 3.11. The van der Waals surface area contributed by atoms with E-state index >= 15 is 0 Å². The van der Waals surface area contributed by atoms with E-state index in [1.807, 2.05) is 18.2 Å². The van der Waals surface area contributed by atoms with Crippen LogP contribution < -0.4 is 4.74 Å². The molecule has 23 heavy (non-hydrogen) atoms. The molecule has 2 heterocycles. The number of hydrogen-bond acceptors (Lipinski definition) is 5. The van der Waals surface area contributed by atoms with E-state index in [-0.39, 0.29) is 25.5 Å². The summed E-state index contributed by atoms with van der Waals surface area (Å²) in [5.41, 5.74) is 2.07. The number of hydrogen-bond donors (Lipinski definition) is 2. The van der Waals surface area contributed by atoms with Crippen LogP contribution in [0.4, 0.5) is 0 Å². The number of carbonyl (C=O) groups excluding carboxylic acids is 1. The number of benzene rings is 1. The molecule has 0 spiro atoms. The van der Waals surface area contributed by atoms with Gasteiger partial charge in [0.15, 0.2) is 0 Å². The molecule has 1 fully saturated rings. The predicted octanol–water partition coefficient (Wildman–Crippen LogP) is 0.133. The maximum atomic E-state index is 12.5. The Labute approximate surface area is 135 Å². The molecule has 0 bridgehead atoms. The second-order valence-corrected chi connectivity index (χ2v) is 6.24. The normalized spacial score (nSPS) is 27.0. The molecular weight excluding hydrogens is 298 g/mol. The van der Waals surface area contributed by atoms with E-state index in [0.29, 0.717) is 0 Å². The highest BCUT2D eigenvalue weighted by atomic mass is 16.5. The molecule has 1 saturated heterocycles. The first kappa shape index (κ1) is 16.2. The molecule has 0 radical (unpaired) electrons. The van der Waals surface area contributed by atoms with Crippen LogP contribution in [0.2, 0.25) is 0 Å². The van der Waals surface area contributed by atoms with Crippen LogP contribution >= 0.6 is 0 Å². The molecule has 2 N–H and O–H groups in total. The fourth-order valence-corrected chi connectivity index (χ4v) is 3.11. The van der Waals surface area contributed by atoms with Crippen LogP contribution in [0, 0.1) is 0 Å². The van der Waals surface area contributed by atoms with E-state index in [1.54, 1.807) is 7.05 Å². The maximum Gasteiger partial charge on any atom is 0.227 e. The molecule has 3 atom stereocenters. The predicted molar refractivity (Wildman–Crippen MR) is 83.4 cm³/mol. The van der Waals surface area contributed by atoms with Crippen molar-refractivity contribution in [3.63, 3.8) is 0 Å². The van der Waals surface area contributed by atoms with Gasteiger partial charge in [0, 0.05) is 7.05 Å². The van der Waals surface area contributed by atoms with Crippen LogP contribution in [0.25, 0.3) is 0 Å². The van der Waals surface area contributed by atoms with Crippen LogP contribution in [0.5, 0.6) is 5.75 Å². The lowest BCUT2D eigenvalue weighted by Crippen LogP contribution is -2.56. The van der Waals surface area contributed by atoms with Gasteiger partial charge < -0.3 is 24.6 Å². The van der Waals surface area contributed by atoms with E-state index in [1.165, 1.54) is 4.90 Å². The highest BCUT2D eigenvalue weighted by Gasteiger charge is 2.35. The molecule has 6 heteroatoms. The molecule has 1 aromatic carbocycles. The summed E-state index contributed by atoms with van der Waals surface area (Å²) in [6.45, 7) is 1.08. The Bertz CT molecular complexity index is 576. The zero-order valence-electron chi connectivity index (χ0n) is 13.3. The minimum absolute atomic E-state index is 0.102. The number of aryl methyl sites for hydroxylation is 1. The minimum Gasteiger partial charge on any atom is -0.493 e. The second kappa shape index (κ2) is 6.86. The van der Waals surface area contributed by atoms with E-state index in [4.69, 9.17) is 9.47 Å². The summed E-state index contributed by atoms with van der Waals surface area (Å²) in [5.74, 6) is 0.795. The first-order valence-corrected chi connectivity index (χ1v) is 8.00. The van der Waals surface area contributed by atoms with Crippen molar-refractivity contribution in [2.45, 2.75) is 37.5 Å². The van der Waals surface area contributed by atoms with Crippen molar-refractivity contribution in [1.29, 1.82) is 0 Å². The van der Waals surface area contributed by atoms with Crippen molar-refractivity contribution in [2.24, 2.45) is 0 Å². The number of rotatable bonds is 3. The summed E-state index contributed by atoms with van der Waals surface area (Å²) in [6.07, 6.45) is 0.283. The standard InChI is InChI=1S/C17H23NO5/c1-18(13-9-22-10-14(19)17(13)21)16(20)8-11-4-5-15-12(7-11)3-2-6-23-15/h4-5,7,13-14,17,19,21H,2-3,6,8-10H2,1H3/t13-,14-,17+/m1/s1. The number of aliphatic hydroxyl groups is 2. The van der Waals surface area contributed by atoms with Gasteiger partial charge in [-0.3, -0.25) is 4.79 Å². The third-order valence-corrected chi connectivity index (χ3v) is 4.58. The summed E-state index contributed by atoms with van der Waals surface area (Å²) in [4.78, 5) is 14.0. The Balaban J connectivity index is 1.66. The topological polar surface area (TPSA) is 79.2 Å². The van der Waals surface area contributed by atoms with Crippen LogP contribution in [-0.2, 0) is 22.4 Å². The average Bonchev–Trinajstić information content (AvgIpc) is 2.56. The third-order valence-electron chi connectivity index (χ3n) is 4.58. The van der Waals surface area contributed by atoms with Crippen LogP contribution in [0.1, 0.15) is 17.5 Å². The zero-order chi connectivity index (χ0) is 16.4. The largest absolute Gasteiger partial charge is 0.493 e. The highest BCUT2D eigenvalue weighted by molar-refractivity contribution is 5.79. The lowest BCUT2D eigenvalue weighted by molar-refractivity contribution is -0.152. The van der Waals surface area contributed by atoms with Crippen molar-refractivity contribution >= 4 is 5.91 Å². The van der Waals surface area contributed by atoms with Gasteiger partial charge in [0.25, 0.3) is 0 Å². The van der Waals surface area contributed by atoms with Gasteiger partial charge in [0.2, 0.25) is 5.91 Å². The lowest BCUT2D eigenvalue weighted by Gasteiger charge is -2.37. The average molecular weight is 321 g/mol. The molecule has 2 aliphatic rings. The summed E-state index contributed by atoms with van der Waals surface area (Å²) in [6, 6.07) is 5.31. The first-order chi connectivity index (χ1) is 11.1. The molecule has 0 aromatic heterocycles. The number of carbonyl (C=O) groups is 1. The summed E-state index contributed by atoms with van der Waals surface area (Å²) < 4.78 is 10.8. The van der Waals surface area contributed by atoms with Crippen molar-refractivity contribution in [3.05, 3.63) is 29.3 Å². The molecule has 1 amide bonds. The fraction of sp³-hybridized carbons (Fsp3) is 0.588. The van der Waals surface area contributed by atoms with E-state index in [9.17, 15) is 15.0 Å². The Morgan fingerprint density at radius 1 is 1.35 bits per heavy atom. The Morgan fingerprint density at radius 2 is 2.17 bits per heavy atom. The zero-order valence-corrected chi connectivity index (χ0v) is 13.3. The van der Waals surface area contributed by atoms with E-state index in [0.717, 1.165) is 36.3 Å². The van der Waals surface area contributed by atoms with Crippen molar-refractivity contribution in [2.75, 3.05) is 26.9 Å². The van der Waals surface area contributed by atoms with Gasteiger partial charge >= 0.3 is 0 Å². The Morgan fingerprint density at radius 3 is 3.00 bits per heavy atom. The molecule has 3 rings (SSSR count). The number of amides is 1. The van der Waals surface area contributed by atoms with Crippen LogP contribution in [0.15, 0.2) is 18.2 Å². The summed E-state index contributed by atoms with van der Waals surface area (Å²) >= 11 is 0. The Kier molecular flexibility index (Phi) is 4.84. The van der Waals surface area contributed by atoms with Gasteiger partial charge in [0.1, 0.15) is 18.0 Å². The molecule has 0 aliphatic carbocycles. The maximum absolute atomic E-state index is 12.5. The second-order valence-electron chi connectivity index (χ2n) is 6.24. The lowest BCUT2D eigenvalue weighted by atomic mass is 10.00. The number of aliphatic hydroxyl groups excluding tert-OH is 2. The quantitative estimate of drug-likeness (QED) is 0.827. The smallest absolute Gasteiger partial charge is 0.227 e. The molecule has 0 saturated carbocycles. The molecule has 126 valence electrons. The van der Waals surface area contributed by atoms with Crippen LogP contribution in [-0.4, -0.2) is 66.1 Å². The van der Waals surface area contributed by atoms with Gasteiger partial charge in [-0.05, 0) is 30.0 Å². The van der Waals surface area contributed by atoms with Gasteiger partial charge in [-0.15, -0.1) is 0 Å². The third kappa shape index (κ3) is 3.49. The van der Waals surface area contributed by atoms with Gasteiger partial charge in [0.05, 0.1) is 32.3 Å². The number of likely N-dealkylation sites (N-methyl/N-ethyl adjacent to an activating group) is 1. The molecule has 1 aromatic rings. The van der Waals surface area contributed by atoms with Gasteiger partial charge in [-0.1, -0.05) is 12.1 Å². The molecule has 2 aliphatic heterocycles. The minimum atomic E-state index is -0.977. The van der Waals surface area contributed by atoms with Crippen molar-refractivity contribution < 1.29 is 24.5 Å². The van der Waals surface area contributed by atoms with E-state index < -0.39 is 18.2 Å². The molecular formula is C17H23NO5. The first-order valence-electron chi connectivity index (χ1n) is 8.00. The number of fused-ring (bicyclic) bond motifs is 1. The highest BCUT2D eigenvalue weighted by Crippen LogP contribution is 2.26. The van der Waals surface area contributed by atoms with Crippen molar-refractivity contribution in [3.8, 4) is 5.75 Å². The summed E-state index contributed by atoms with van der Waals surface area (Å²) in [7, 11) is 1.64. The van der Waals surface area contributed by atoms with Gasteiger partial charge in [-0.2, -0.15) is 0 Å². The Hall–Kier alpha value is -1.63. The summed E-state index contributed by atoms with van der Waals surface area (Å²) in [5, 5.41) is 19.7. The van der Waals surface area contributed by atoms with Crippen LogP contribution in [0.3, 0.4) is 0 Å². The van der Waals surface area contributed by atoms with Crippen molar-refractivity contribution in [1.82, 2.24) is 4.90 Å².